The number of halogens is 4. The third kappa shape index (κ3) is 3.49. The average Bonchev–Trinajstić information content (AvgIpc) is 2.41. The van der Waals surface area contributed by atoms with Crippen molar-refractivity contribution in [3.63, 3.8) is 0 Å². The molecule has 0 aliphatic rings. The van der Waals surface area contributed by atoms with Gasteiger partial charge in [0.25, 0.3) is 0 Å². The number of hydrogen-bond acceptors (Lipinski definition) is 2. The standard InChI is InChI=1S/C14H11Br2F2NO/c1-20-14-6-13(10(15)5-11(14)16)19-7-8-4-9(17)2-3-12(8)18/h2-6,19H,7H2,1H3. The van der Waals surface area contributed by atoms with E-state index in [1.807, 2.05) is 6.07 Å². The molecular formula is C14H11Br2F2NO. The van der Waals surface area contributed by atoms with Crippen LogP contribution in [-0.4, -0.2) is 7.11 Å². The Balaban J connectivity index is 2.20. The van der Waals surface area contributed by atoms with E-state index in [4.69, 9.17) is 4.74 Å². The van der Waals surface area contributed by atoms with Crippen LogP contribution in [0.15, 0.2) is 39.3 Å². The van der Waals surface area contributed by atoms with Crippen molar-refractivity contribution < 1.29 is 13.5 Å². The largest absolute Gasteiger partial charge is 0.495 e. The molecule has 0 bridgehead atoms. The summed E-state index contributed by atoms with van der Waals surface area (Å²) in [6.07, 6.45) is 0. The topological polar surface area (TPSA) is 21.3 Å². The van der Waals surface area contributed by atoms with E-state index in [0.29, 0.717) is 5.75 Å². The molecule has 0 saturated carbocycles. The van der Waals surface area contributed by atoms with E-state index in [9.17, 15) is 8.78 Å². The molecule has 1 N–H and O–H groups in total. The van der Waals surface area contributed by atoms with E-state index in [1.165, 1.54) is 6.07 Å². The van der Waals surface area contributed by atoms with Gasteiger partial charge in [0, 0.05) is 22.6 Å². The SMILES string of the molecule is COc1cc(NCc2cc(F)ccc2F)c(Br)cc1Br. The second-order valence-corrected chi connectivity index (χ2v) is 5.76. The predicted molar refractivity (Wildman–Crippen MR) is 82.1 cm³/mol. The van der Waals surface area contributed by atoms with Gasteiger partial charge in [-0.25, -0.2) is 8.78 Å². The second-order valence-electron chi connectivity index (χ2n) is 4.06. The highest BCUT2D eigenvalue weighted by Gasteiger charge is 2.09. The molecule has 0 radical (unpaired) electrons. The maximum Gasteiger partial charge on any atom is 0.135 e. The van der Waals surface area contributed by atoms with Gasteiger partial charge in [-0.05, 0) is 56.1 Å². The van der Waals surface area contributed by atoms with Gasteiger partial charge in [0.05, 0.1) is 17.3 Å². The number of hydrogen-bond donors (Lipinski definition) is 1. The van der Waals surface area contributed by atoms with Crippen LogP contribution in [0.2, 0.25) is 0 Å². The minimum absolute atomic E-state index is 0.174. The fraction of sp³-hybridized carbons (Fsp3) is 0.143. The van der Waals surface area contributed by atoms with E-state index < -0.39 is 11.6 Å². The molecule has 20 heavy (non-hydrogen) atoms. The number of ether oxygens (including phenoxy) is 1. The van der Waals surface area contributed by atoms with Crippen LogP contribution in [0.1, 0.15) is 5.56 Å². The highest BCUT2D eigenvalue weighted by Crippen LogP contribution is 2.34. The fourth-order valence-electron chi connectivity index (χ4n) is 1.69. The molecule has 0 unspecified atom stereocenters. The van der Waals surface area contributed by atoms with E-state index in [2.05, 4.69) is 37.2 Å². The summed E-state index contributed by atoms with van der Waals surface area (Å²) in [5.41, 5.74) is 0.993. The van der Waals surface area contributed by atoms with Gasteiger partial charge in [-0.15, -0.1) is 0 Å². The highest BCUT2D eigenvalue weighted by molar-refractivity contribution is 9.11. The van der Waals surface area contributed by atoms with Crippen LogP contribution in [0.3, 0.4) is 0 Å². The van der Waals surface area contributed by atoms with E-state index in [0.717, 1.165) is 26.8 Å². The lowest BCUT2D eigenvalue weighted by Gasteiger charge is -2.12. The van der Waals surface area contributed by atoms with Gasteiger partial charge in [0.1, 0.15) is 17.4 Å². The summed E-state index contributed by atoms with van der Waals surface area (Å²) in [5.74, 6) is -0.259. The first-order valence-corrected chi connectivity index (χ1v) is 7.30. The fourth-order valence-corrected chi connectivity index (χ4v) is 2.99. The lowest BCUT2D eigenvalue weighted by molar-refractivity contribution is 0.412. The van der Waals surface area contributed by atoms with E-state index >= 15 is 0 Å². The molecule has 0 aliphatic carbocycles. The van der Waals surface area contributed by atoms with Crippen molar-refractivity contribution >= 4 is 37.5 Å². The summed E-state index contributed by atoms with van der Waals surface area (Å²) >= 11 is 6.77. The molecule has 0 saturated heterocycles. The molecule has 0 aliphatic heterocycles. The third-order valence-corrected chi connectivity index (χ3v) is 3.99. The van der Waals surface area contributed by atoms with Gasteiger partial charge in [0.15, 0.2) is 0 Å². The van der Waals surface area contributed by atoms with Gasteiger partial charge in [-0.3, -0.25) is 0 Å². The van der Waals surface area contributed by atoms with Gasteiger partial charge in [-0.2, -0.15) is 0 Å². The average molecular weight is 407 g/mol. The Bertz CT molecular complexity index is 635. The first-order chi connectivity index (χ1) is 9.51. The molecule has 0 amide bonds. The van der Waals surface area contributed by atoms with Crippen LogP contribution in [0, 0.1) is 11.6 Å². The van der Waals surface area contributed by atoms with Crippen molar-refractivity contribution in [1.29, 1.82) is 0 Å². The van der Waals surface area contributed by atoms with Crippen molar-refractivity contribution in [1.82, 2.24) is 0 Å². The minimum atomic E-state index is -0.462. The number of methoxy groups -OCH3 is 1. The Labute approximate surface area is 132 Å². The predicted octanol–water partition coefficient (Wildman–Crippen LogP) is 5.11. The molecule has 0 fully saturated rings. The molecule has 2 nitrogen and oxygen atoms in total. The first-order valence-electron chi connectivity index (χ1n) is 5.72. The molecular weight excluding hydrogens is 396 g/mol. The van der Waals surface area contributed by atoms with Gasteiger partial charge in [0.2, 0.25) is 0 Å². The van der Waals surface area contributed by atoms with Crippen LogP contribution in [0.4, 0.5) is 14.5 Å². The normalized spacial score (nSPS) is 10.4. The molecule has 0 heterocycles. The van der Waals surface area contributed by atoms with Gasteiger partial charge < -0.3 is 10.1 Å². The Kier molecular flexibility index (Phi) is 4.99. The lowest BCUT2D eigenvalue weighted by Crippen LogP contribution is -2.03. The van der Waals surface area contributed by atoms with Crippen molar-refractivity contribution in [2.24, 2.45) is 0 Å². The quantitative estimate of drug-likeness (QED) is 0.761. The summed E-state index contributed by atoms with van der Waals surface area (Å²) in [7, 11) is 1.56. The summed E-state index contributed by atoms with van der Waals surface area (Å²) in [6.45, 7) is 0.174. The lowest BCUT2D eigenvalue weighted by atomic mass is 10.2. The van der Waals surface area contributed by atoms with E-state index in [1.54, 1.807) is 13.2 Å². The smallest absolute Gasteiger partial charge is 0.135 e. The van der Waals surface area contributed by atoms with Crippen molar-refractivity contribution in [3.8, 4) is 5.75 Å². The number of rotatable bonds is 4. The molecule has 0 atom stereocenters. The number of benzene rings is 2. The molecule has 0 aromatic heterocycles. The van der Waals surface area contributed by atoms with Crippen molar-refractivity contribution in [2.75, 3.05) is 12.4 Å². The number of anilines is 1. The van der Waals surface area contributed by atoms with E-state index in [-0.39, 0.29) is 12.1 Å². The molecule has 0 spiro atoms. The molecule has 2 aromatic rings. The van der Waals surface area contributed by atoms with Crippen LogP contribution >= 0.6 is 31.9 Å². The summed E-state index contributed by atoms with van der Waals surface area (Å²) in [5, 5.41) is 3.04. The summed E-state index contributed by atoms with van der Waals surface area (Å²) in [4.78, 5) is 0. The second kappa shape index (κ2) is 6.54. The molecule has 2 aromatic carbocycles. The van der Waals surface area contributed by atoms with Gasteiger partial charge in [-0.1, -0.05) is 0 Å². The molecule has 106 valence electrons. The van der Waals surface area contributed by atoms with Crippen LogP contribution in [0.5, 0.6) is 5.75 Å². The number of nitrogens with one attached hydrogen (secondary N) is 1. The minimum Gasteiger partial charge on any atom is -0.495 e. The monoisotopic (exact) mass is 405 g/mol. The first kappa shape index (κ1) is 15.3. The molecule has 6 heteroatoms. The zero-order valence-electron chi connectivity index (χ0n) is 10.5. The zero-order chi connectivity index (χ0) is 14.7. The third-order valence-electron chi connectivity index (χ3n) is 2.72. The van der Waals surface area contributed by atoms with Crippen LogP contribution < -0.4 is 10.1 Å². The maximum absolute atomic E-state index is 13.5. The summed E-state index contributed by atoms with van der Waals surface area (Å²) < 4.78 is 33.4. The Morgan fingerprint density at radius 2 is 1.85 bits per heavy atom. The highest BCUT2D eigenvalue weighted by atomic mass is 79.9. The summed E-state index contributed by atoms with van der Waals surface area (Å²) in [6, 6.07) is 6.97. The zero-order valence-corrected chi connectivity index (χ0v) is 13.7. The Hall–Kier alpha value is -1.14. The maximum atomic E-state index is 13.5. The van der Waals surface area contributed by atoms with Gasteiger partial charge >= 0.3 is 0 Å². The van der Waals surface area contributed by atoms with Crippen LogP contribution in [-0.2, 0) is 6.54 Å². The molecule has 2 rings (SSSR count). The Morgan fingerprint density at radius 3 is 2.55 bits per heavy atom. The Morgan fingerprint density at radius 1 is 1.10 bits per heavy atom. The van der Waals surface area contributed by atoms with Crippen LogP contribution in [0.25, 0.3) is 0 Å². The van der Waals surface area contributed by atoms with Crippen molar-refractivity contribution in [3.05, 3.63) is 56.5 Å². The van der Waals surface area contributed by atoms with Crippen molar-refractivity contribution in [2.45, 2.75) is 6.54 Å².